The van der Waals surface area contributed by atoms with Crippen LogP contribution in [0.3, 0.4) is 0 Å². The van der Waals surface area contributed by atoms with Crippen molar-refractivity contribution < 1.29 is 4.74 Å². The third kappa shape index (κ3) is 3.24. The van der Waals surface area contributed by atoms with E-state index in [-0.39, 0.29) is 0 Å². The minimum atomic E-state index is 0.809. The van der Waals surface area contributed by atoms with Crippen molar-refractivity contribution in [2.75, 3.05) is 26.2 Å². The van der Waals surface area contributed by atoms with Gasteiger partial charge in [-0.25, -0.2) is 0 Å². The number of ether oxygens (including phenoxy) is 1. The highest BCUT2D eigenvalue weighted by molar-refractivity contribution is 5.27. The minimum absolute atomic E-state index is 0.809. The lowest BCUT2D eigenvalue weighted by molar-refractivity contribution is 0.237. The van der Waals surface area contributed by atoms with E-state index in [1.54, 1.807) is 0 Å². The molecular weight excluding hydrogens is 186 g/mol. The number of benzene rings is 1. The first kappa shape index (κ1) is 10.5. The van der Waals surface area contributed by atoms with E-state index in [9.17, 15) is 0 Å². The van der Waals surface area contributed by atoms with E-state index in [1.807, 2.05) is 12.1 Å². The van der Waals surface area contributed by atoms with Crippen LogP contribution < -0.4 is 4.74 Å². The maximum absolute atomic E-state index is 5.71. The first-order valence-corrected chi connectivity index (χ1v) is 5.76. The van der Waals surface area contributed by atoms with Gasteiger partial charge in [0.05, 0.1) is 0 Å². The molecule has 15 heavy (non-hydrogen) atoms. The van der Waals surface area contributed by atoms with Crippen LogP contribution in [0.1, 0.15) is 18.4 Å². The van der Waals surface area contributed by atoms with Gasteiger partial charge in [0.15, 0.2) is 0 Å². The average Bonchev–Trinajstić information content (AvgIpc) is 2.71. The van der Waals surface area contributed by atoms with Crippen molar-refractivity contribution in [2.45, 2.75) is 19.8 Å². The average molecular weight is 205 g/mol. The van der Waals surface area contributed by atoms with E-state index in [0.29, 0.717) is 0 Å². The summed E-state index contributed by atoms with van der Waals surface area (Å²) in [6, 6.07) is 8.24. The predicted molar refractivity (Wildman–Crippen MR) is 62.3 cm³/mol. The van der Waals surface area contributed by atoms with Gasteiger partial charge in [-0.15, -0.1) is 0 Å². The summed E-state index contributed by atoms with van der Waals surface area (Å²) in [6.07, 6.45) is 2.70. The van der Waals surface area contributed by atoms with E-state index in [4.69, 9.17) is 4.74 Å². The molecule has 0 aliphatic carbocycles. The minimum Gasteiger partial charge on any atom is -0.492 e. The molecule has 0 unspecified atom stereocenters. The van der Waals surface area contributed by atoms with Crippen LogP contribution in [-0.4, -0.2) is 31.1 Å². The second-order valence-electron chi connectivity index (χ2n) is 4.21. The van der Waals surface area contributed by atoms with Crippen LogP contribution in [-0.2, 0) is 0 Å². The topological polar surface area (TPSA) is 12.5 Å². The smallest absolute Gasteiger partial charge is 0.119 e. The van der Waals surface area contributed by atoms with Crippen molar-refractivity contribution in [3.63, 3.8) is 0 Å². The number of nitrogens with zero attached hydrogens (tertiary/aromatic N) is 1. The fourth-order valence-electron chi connectivity index (χ4n) is 2.00. The number of likely N-dealkylation sites (tertiary alicyclic amines) is 1. The molecule has 0 bridgehead atoms. The Balaban J connectivity index is 1.73. The van der Waals surface area contributed by atoms with Crippen molar-refractivity contribution in [2.24, 2.45) is 0 Å². The molecule has 1 aromatic rings. The number of hydrogen-bond acceptors (Lipinski definition) is 2. The lowest BCUT2D eigenvalue weighted by Crippen LogP contribution is -2.25. The highest BCUT2D eigenvalue weighted by atomic mass is 16.5. The molecule has 1 aromatic carbocycles. The molecule has 0 aromatic heterocycles. The number of hydrogen-bond donors (Lipinski definition) is 0. The summed E-state index contributed by atoms with van der Waals surface area (Å²) in [5.74, 6) is 0.995. The second kappa shape index (κ2) is 5.17. The third-order valence-corrected chi connectivity index (χ3v) is 2.86. The molecule has 2 heteroatoms. The Bertz CT molecular complexity index is 305. The van der Waals surface area contributed by atoms with E-state index in [1.165, 1.54) is 31.5 Å². The molecule has 1 aliphatic heterocycles. The van der Waals surface area contributed by atoms with Crippen molar-refractivity contribution >= 4 is 0 Å². The summed E-state index contributed by atoms with van der Waals surface area (Å²) in [7, 11) is 0. The van der Waals surface area contributed by atoms with Gasteiger partial charge in [-0.3, -0.25) is 4.90 Å². The highest BCUT2D eigenvalue weighted by Crippen LogP contribution is 2.12. The second-order valence-corrected chi connectivity index (χ2v) is 4.21. The van der Waals surface area contributed by atoms with Gasteiger partial charge in [0, 0.05) is 6.54 Å². The fourth-order valence-corrected chi connectivity index (χ4v) is 2.00. The van der Waals surface area contributed by atoms with Crippen LogP contribution in [0.2, 0.25) is 0 Å². The Morgan fingerprint density at radius 1 is 1.27 bits per heavy atom. The largest absolute Gasteiger partial charge is 0.492 e. The van der Waals surface area contributed by atoms with Gasteiger partial charge in [-0.05, 0) is 50.6 Å². The molecule has 1 aliphatic rings. The van der Waals surface area contributed by atoms with Crippen LogP contribution in [0.25, 0.3) is 0 Å². The van der Waals surface area contributed by atoms with E-state index in [0.717, 1.165) is 18.9 Å². The first-order valence-electron chi connectivity index (χ1n) is 5.76. The Kier molecular flexibility index (Phi) is 3.62. The molecule has 1 heterocycles. The molecule has 2 rings (SSSR count). The highest BCUT2D eigenvalue weighted by Gasteiger charge is 2.10. The Labute approximate surface area is 91.9 Å². The normalized spacial score (nSPS) is 16.9. The Morgan fingerprint density at radius 3 is 2.80 bits per heavy atom. The molecule has 2 nitrogen and oxygen atoms in total. The van der Waals surface area contributed by atoms with Gasteiger partial charge < -0.3 is 4.74 Å². The lowest BCUT2D eigenvalue weighted by Gasteiger charge is -2.14. The quantitative estimate of drug-likeness (QED) is 0.748. The summed E-state index contributed by atoms with van der Waals surface area (Å²) < 4.78 is 5.71. The summed E-state index contributed by atoms with van der Waals surface area (Å²) in [6.45, 7) is 6.46. The van der Waals surface area contributed by atoms with Crippen molar-refractivity contribution in [3.05, 3.63) is 29.8 Å². The van der Waals surface area contributed by atoms with Crippen LogP contribution >= 0.6 is 0 Å². The maximum atomic E-state index is 5.71. The molecule has 0 amide bonds. The van der Waals surface area contributed by atoms with Crippen molar-refractivity contribution in [1.29, 1.82) is 0 Å². The number of rotatable bonds is 4. The van der Waals surface area contributed by atoms with Gasteiger partial charge in [0.1, 0.15) is 12.4 Å². The lowest BCUT2D eigenvalue weighted by atomic mass is 10.2. The van der Waals surface area contributed by atoms with Crippen LogP contribution in [0.15, 0.2) is 24.3 Å². The summed E-state index contributed by atoms with van der Waals surface area (Å²) in [5, 5.41) is 0. The summed E-state index contributed by atoms with van der Waals surface area (Å²) in [5.41, 5.74) is 1.26. The van der Waals surface area contributed by atoms with E-state index in [2.05, 4.69) is 24.0 Å². The zero-order valence-electron chi connectivity index (χ0n) is 9.41. The zero-order chi connectivity index (χ0) is 10.5. The SMILES string of the molecule is Cc1cccc(OCCN2CCCC2)c1. The molecular formula is C13H19NO. The van der Waals surface area contributed by atoms with Crippen LogP contribution in [0, 0.1) is 6.92 Å². The summed E-state index contributed by atoms with van der Waals surface area (Å²) in [4.78, 5) is 2.47. The monoisotopic (exact) mass is 205 g/mol. The molecule has 0 radical (unpaired) electrons. The standard InChI is InChI=1S/C13H19NO/c1-12-5-4-6-13(11-12)15-10-9-14-7-2-3-8-14/h4-6,11H,2-3,7-10H2,1H3. The van der Waals surface area contributed by atoms with Crippen molar-refractivity contribution in [1.82, 2.24) is 4.90 Å². The molecule has 0 atom stereocenters. The third-order valence-electron chi connectivity index (χ3n) is 2.86. The molecule has 0 N–H and O–H groups in total. The van der Waals surface area contributed by atoms with Gasteiger partial charge in [0.25, 0.3) is 0 Å². The summed E-state index contributed by atoms with van der Waals surface area (Å²) >= 11 is 0. The first-order chi connectivity index (χ1) is 7.34. The Hall–Kier alpha value is -1.02. The van der Waals surface area contributed by atoms with Gasteiger partial charge in [0.2, 0.25) is 0 Å². The predicted octanol–water partition coefficient (Wildman–Crippen LogP) is 2.47. The van der Waals surface area contributed by atoms with Gasteiger partial charge >= 0.3 is 0 Å². The fraction of sp³-hybridized carbons (Fsp3) is 0.538. The maximum Gasteiger partial charge on any atom is 0.119 e. The van der Waals surface area contributed by atoms with Gasteiger partial charge in [-0.1, -0.05) is 12.1 Å². The molecule has 0 spiro atoms. The van der Waals surface area contributed by atoms with E-state index < -0.39 is 0 Å². The number of aryl methyl sites for hydroxylation is 1. The van der Waals surface area contributed by atoms with E-state index >= 15 is 0 Å². The van der Waals surface area contributed by atoms with Gasteiger partial charge in [-0.2, -0.15) is 0 Å². The zero-order valence-corrected chi connectivity index (χ0v) is 9.41. The molecule has 1 fully saturated rings. The van der Waals surface area contributed by atoms with Crippen LogP contribution in [0.5, 0.6) is 5.75 Å². The van der Waals surface area contributed by atoms with Crippen LogP contribution in [0.4, 0.5) is 0 Å². The Morgan fingerprint density at radius 2 is 2.07 bits per heavy atom. The molecule has 1 saturated heterocycles. The molecule has 0 saturated carbocycles. The molecule has 82 valence electrons. The van der Waals surface area contributed by atoms with Crippen molar-refractivity contribution in [3.8, 4) is 5.75 Å².